The van der Waals surface area contributed by atoms with Gasteiger partial charge in [0.1, 0.15) is 11.5 Å². The molecule has 1 aromatic rings. The number of rotatable bonds is 5. The maximum Gasteiger partial charge on any atom is 0.353 e. The van der Waals surface area contributed by atoms with Gasteiger partial charge in [-0.3, -0.25) is 0 Å². The molecule has 23 heavy (non-hydrogen) atoms. The Bertz CT molecular complexity index is 653. The lowest BCUT2D eigenvalue weighted by atomic mass is 10.2. The Labute approximate surface area is 141 Å². The molecule has 2 heterocycles. The number of hydrogen-bond acceptors (Lipinski definition) is 6. The molecule has 1 saturated heterocycles. The first-order valence-electron chi connectivity index (χ1n) is 7.48. The third kappa shape index (κ3) is 3.34. The van der Waals surface area contributed by atoms with E-state index in [2.05, 4.69) is 14.9 Å². The minimum Gasteiger partial charge on any atom is -0.478 e. The lowest BCUT2D eigenvalue weighted by Crippen LogP contribution is -2.44. The average molecular weight is 361 g/mol. The van der Waals surface area contributed by atoms with Crippen LogP contribution in [0.5, 0.6) is 0 Å². The van der Waals surface area contributed by atoms with E-state index in [0.717, 1.165) is 0 Å². The molecule has 1 aliphatic carbocycles. The molecule has 2 atom stereocenters. The topological polar surface area (TPSA) is 92.6 Å². The molecule has 0 aromatic carbocycles. The highest BCUT2D eigenvalue weighted by Gasteiger charge is 2.58. The van der Waals surface area contributed by atoms with Crippen LogP contribution in [0.1, 0.15) is 25.5 Å². The summed E-state index contributed by atoms with van der Waals surface area (Å²) in [5.41, 5.74) is 0.591. The van der Waals surface area contributed by atoms with E-state index in [1.807, 2.05) is 6.92 Å². The van der Waals surface area contributed by atoms with Crippen LogP contribution < -0.4 is 4.90 Å². The molecule has 1 N–H and O–H groups in total. The number of nitrogens with zero attached hydrogens (tertiary/aromatic N) is 3. The molecule has 2 aliphatic rings. The summed E-state index contributed by atoms with van der Waals surface area (Å²) >= 11 is 6.07. The van der Waals surface area contributed by atoms with Gasteiger partial charge in [-0.25, -0.2) is 14.8 Å². The van der Waals surface area contributed by atoms with Crippen molar-refractivity contribution in [1.82, 2.24) is 9.97 Å². The summed E-state index contributed by atoms with van der Waals surface area (Å²) in [6.07, 6.45) is 1.34. The molecule has 0 spiro atoms. The summed E-state index contributed by atoms with van der Waals surface area (Å²) in [4.78, 5) is 21.5. The summed E-state index contributed by atoms with van der Waals surface area (Å²) in [5.74, 6) is -0.722. The monoisotopic (exact) mass is 360 g/mol. The Kier molecular flexibility index (Phi) is 4.57. The number of aliphatic carboxylic acids is 1. The lowest BCUT2D eigenvalue weighted by Gasteiger charge is -2.34. The smallest absolute Gasteiger partial charge is 0.353 e. The van der Waals surface area contributed by atoms with E-state index in [1.165, 1.54) is 0 Å². The fraction of sp³-hybridized carbons (Fsp3) is 0.643. The van der Waals surface area contributed by atoms with Gasteiger partial charge < -0.3 is 14.7 Å². The average Bonchev–Trinajstić information content (AvgIpc) is 3.28. The van der Waals surface area contributed by atoms with Gasteiger partial charge in [0, 0.05) is 25.5 Å². The van der Waals surface area contributed by atoms with E-state index in [4.69, 9.17) is 21.4 Å². The second-order valence-electron chi connectivity index (χ2n) is 5.96. The van der Waals surface area contributed by atoms with E-state index in [0.29, 0.717) is 44.1 Å². The fourth-order valence-electron chi connectivity index (χ4n) is 2.88. The zero-order chi connectivity index (χ0) is 16.6. The molecular formula is C14H19ClN3O4S+. The van der Waals surface area contributed by atoms with E-state index < -0.39 is 21.5 Å². The zero-order valence-corrected chi connectivity index (χ0v) is 14.4. The molecule has 2 fully saturated rings. The predicted octanol–water partition coefficient (Wildman–Crippen LogP) is 1.12. The maximum absolute atomic E-state index is 12.4. The second-order valence-corrected chi connectivity index (χ2v) is 8.23. The first kappa shape index (κ1) is 16.6. The third-order valence-electron chi connectivity index (χ3n) is 4.30. The number of carboxylic acids is 1. The van der Waals surface area contributed by atoms with Crippen LogP contribution in [0.3, 0.4) is 0 Å². The summed E-state index contributed by atoms with van der Waals surface area (Å²) in [6.45, 7) is 3.95. The highest BCUT2D eigenvalue weighted by molar-refractivity contribution is 7.86. The van der Waals surface area contributed by atoms with Crippen LogP contribution in [-0.2, 0) is 29.3 Å². The van der Waals surface area contributed by atoms with Gasteiger partial charge in [0.25, 0.3) is 0 Å². The molecule has 9 heteroatoms. The van der Waals surface area contributed by atoms with Crippen LogP contribution in [0.4, 0.5) is 5.82 Å². The highest BCUT2D eigenvalue weighted by atomic mass is 35.5. The number of aromatic nitrogens is 2. The van der Waals surface area contributed by atoms with Crippen LogP contribution in [0.2, 0.25) is 5.28 Å². The molecule has 3 rings (SSSR count). The normalized spacial score (nSPS) is 24.3. The van der Waals surface area contributed by atoms with Crippen molar-refractivity contribution in [3.05, 3.63) is 17.0 Å². The molecule has 126 valence electrons. The maximum atomic E-state index is 12.4. The van der Waals surface area contributed by atoms with Crippen molar-refractivity contribution in [3.8, 4) is 0 Å². The van der Waals surface area contributed by atoms with Gasteiger partial charge in [-0.05, 0) is 18.5 Å². The molecule has 1 saturated carbocycles. The van der Waals surface area contributed by atoms with Crippen LogP contribution in [0.15, 0.2) is 6.07 Å². The van der Waals surface area contributed by atoms with Gasteiger partial charge in [-0.15, -0.1) is 4.21 Å². The summed E-state index contributed by atoms with van der Waals surface area (Å²) < 4.78 is 17.2. The summed E-state index contributed by atoms with van der Waals surface area (Å²) in [5, 5.41) is 9.00. The number of ether oxygens (including phenoxy) is 1. The van der Waals surface area contributed by atoms with Gasteiger partial charge in [0.2, 0.25) is 11.0 Å². The number of carbonyl (C=O) groups is 1. The Balaban J connectivity index is 1.92. The van der Waals surface area contributed by atoms with Crippen molar-refractivity contribution in [1.29, 1.82) is 0 Å². The molecule has 7 nitrogen and oxygen atoms in total. The van der Waals surface area contributed by atoms with Crippen LogP contribution in [0, 0.1) is 0 Å². The minimum absolute atomic E-state index is 0.0983. The number of halogens is 1. The van der Waals surface area contributed by atoms with Crippen molar-refractivity contribution in [2.24, 2.45) is 0 Å². The van der Waals surface area contributed by atoms with E-state index in [-0.39, 0.29) is 17.1 Å². The lowest BCUT2D eigenvalue weighted by molar-refractivity contribution is -0.134. The van der Waals surface area contributed by atoms with Crippen molar-refractivity contribution >= 4 is 34.2 Å². The number of morpholine rings is 1. The summed E-state index contributed by atoms with van der Waals surface area (Å²) in [6, 6.07) is 1.96. The van der Waals surface area contributed by atoms with Crippen LogP contribution >= 0.6 is 11.6 Å². The van der Waals surface area contributed by atoms with Crippen LogP contribution in [-0.4, -0.2) is 52.6 Å². The van der Waals surface area contributed by atoms with Crippen molar-refractivity contribution in [2.45, 2.75) is 30.6 Å². The van der Waals surface area contributed by atoms with Gasteiger partial charge in [-0.1, -0.05) is 0 Å². The zero-order valence-electron chi connectivity index (χ0n) is 12.7. The fourth-order valence-corrected chi connectivity index (χ4v) is 4.59. The van der Waals surface area contributed by atoms with E-state index in [1.54, 1.807) is 6.07 Å². The molecule has 0 bridgehead atoms. The number of carboxylic acid groups (broad SMARTS) is 1. The highest BCUT2D eigenvalue weighted by Crippen LogP contribution is 2.51. The standard InChI is InChI=1S/C14H18ClN3O4S/c1-9-7-22-5-4-18(9)11-6-10(16-13(15)17-11)14(2-3-14)23(21)8-12(19)20/h6,9H,2-5,7-8H2,1H3,(H,19,20)/p+1. The number of hydrogen-bond donors (Lipinski definition) is 1. The number of thiol groups is 1. The van der Waals surface area contributed by atoms with E-state index in [9.17, 15) is 9.00 Å². The first-order valence-corrected chi connectivity index (χ1v) is 9.31. The van der Waals surface area contributed by atoms with Crippen LogP contribution in [0.25, 0.3) is 0 Å². The molecule has 2 unspecified atom stereocenters. The Morgan fingerprint density at radius 2 is 2.30 bits per heavy atom. The van der Waals surface area contributed by atoms with Crippen molar-refractivity contribution < 1.29 is 18.8 Å². The predicted molar refractivity (Wildman–Crippen MR) is 87.5 cm³/mol. The molecule has 0 radical (unpaired) electrons. The molecular weight excluding hydrogens is 342 g/mol. The third-order valence-corrected chi connectivity index (χ3v) is 6.66. The van der Waals surface area contributed by atoms with Gasteiger partial charge in [-0.2, -0.15) is 0 Å². The molecule has 1 aliphatic heterocycles. The van der Waals surface area contributed by atoms with Gasteiger partial charge >= 0.3 is 5.97 Å². The Morgan fingerprint density at radius 3 is 2.91 bits per heavy atom. The molecule has 0 amide bonds. The van der Waals surface area contributed by atoms with Crippen molar-refractivity contribution in [3.63, 3.8) is 0 Å². The SMILES string of the molecule is CC1COCCN1c1cc(C2([SH+](=O)CC(=O)O)CC2)nc(Cl)n1. The Morgan fingerprint density at radius 1 is 1.57 bits per heavy atom. The Hall–Kier alpha value is -1.25. The number of anilines is 1. The largest absolute Gasteiger partial charge is 0.478 e. The van der Waals surface area contributed by atoms with Gasteiger partial charge in [0.05, 0.1) is 30.1 Å². The second kappa shape index (κ2) is 6.33. The van der Waals surface area contributed by atoms with Gasteiger partial charge in [0.15, 0.2) is 4.75 Å². The molecule has 1 aromatic heterocycles. The first-order chi connectivity index (χ1) is 10.9. The minimum atomic E-state index is -1.92. The van der Waals surface area contributed by atoms with Crippen molar-refractivity contribution in [2.75, 3.05) is 30.4 Å². The summed E-state index contributed by atoms with van der Waals surface area (Å²) in [7, 11) is -1.92. The van der Waals surface area contributed by atoms with E-state index >= 15 is 0 Å². The quantitative estimate of drug-likeness (QED) is 0.478.